The lowest BCUT2D eigenvalue weighted by atomic mass is 10.2. The Morgan fingerprint density at radius 3 is 2.94 bits per heavy atom. The van der Waals surface area contributed by atoms with Crippen LogP contribution in [0.5, 0.6) is 5.75 Å². The minimum Gasteiger partial charge on any atom is -0.497 e. The van der Waals surface area contributed by atoms with Gasteiger partial charge < -0.3 is 4.74 Å². The lowest BCUT2D eigenvalue weighted by molar-refractivity contribution is 0.414. The first-order valence-electron chi connectivity index (χ1n) is 6.10. The molecule has 1 saturated carbocycles. The van der Waals surface area contributed by atoms with Gasteiger partial charge in [0.25, 0.3) is 0 Å². The fourth-order valence-corrected chi connectivity index (χ4v) is 2.44. The standard InChI is InChI=1S/C14H15ClN2O/c1-18-13-4-2-3-12(7-13)17-14(10-5-6-10)11(8-15)9-16-17/h2-4,7,9-10H,5-6,8H2,1H3. The van der Waals surface area contributed by atoms with Gasteiger partial charge in [-0.2, -0.15) is 5.10 Å². The Balaban J connectivity index is 2.07. The first-order valence-corrected chi connectivity index (χ1v) is 6.64. The summed E-state index contributed by atoms with van der Waals surface area (Å²) in [6.07, 6.45) is 4.35. The number of aromatic nitrogens is 2. The summed E-state index contributed by atoms with van der Waals surface area (Å²) in [6.45, 7) is 0. The van der Waals surface area contributed by atoms with Crippen LogP contribution >= 0.6 is 11.6 Å². The maximum Gasteiger partial charge on any atom is 0.121 e. The van der Waals surface area contributed by atoms with Gasteiger partial charge in [0.05, 0.1) is 30.6 Å². The topological polar surface area (TPSA) is 27.1 Å². The van der Waals surface area contributed by atoms with Crippen molar-refractivity contribution in [2.45, 2.75) is 24.6 Å². The average Bonchev–Trinajstić information content (AvgIpc) is 3.17. The highest BCUT2D eigenvalue weighted by atomic mass is 35.5. The SMILES string of the molecule is COc1cccc(-n2ncc(CCl)c2C2CC2)c1. The van der Waals surface area contributed by atoms with Crippen molar-refractivity contribution in [2.24, 2.45) is 0 Å². The van der Waals surface area contributed by atoms with E-state index in [1.54, 1.807) is 7.11 Å². The van der Waals surface area contributed by atoms with E-state index in [2.05, 4.69) is 5.10 Å². The van der Waals surface area contributed by atoms with Crippen LogP contribution in [0.15, 0.2) is 30.5 Å². The molecule has 1 heterocycles. The van der Waals surface area contributed by atoms with Crippen LogP contribution in [0.1, 0.15) is 30.0 Å². The molecule has 0 unspecified atom stereocenters. The zero-order valence-corrected chi connectivity index (χ0v) is 11.0. The summed E-state index contributed by atoms with van der Waals surface area (Å²) in [7, 11) is 1.67. The second kappa shape index (κ2) is 4.65. The second-order valence-electron chi connectivity index (χ2n) is 4.58. The smallest absolute Gasteiger partial charge is 0.121 e. The summed E-state index contributed by atoms with van der Waals surface area (Å²) in [5.41, 5.74) is 3.44. The lowest BCUT2D eigenvalue weighted by Gasteiger charge is -2.09. The summed E-state index contributed by atoms with van der Waals surface area (Å²) < 4.78 is 7.26. The van der Waals surface area contributed by atoms with Gasteiger partial charge in [-0.05, 0) is 25.0 Å². The zero-order chi connectivity index (χ0) is 12.5. The third kappa shape index (κ3) is 1.99. The summed E-state index contributed by atoms with van der Waals surface area (Å²) in [5.74, 6) is 1.99. The molecule has 1 aromatic carbocycles. The van der Waals surface area contributed by atoms with Crippen LogP contribution < -0.4 is 4.74 Å². The molecular weight excluding hydrogens is 248 g/mol. The van der Waals surface area contributed by atoms with E-state index in [0.29, 0.717) is 11.8 Å². The molecular formula is C14H15ClN2O. The van der Waals surface area contributed by atoms with Crippen LogP contribution in [-0.2, 0) is 5.88 Å². The van der Waals surface area contributed by atoms with E-state index in [-0.39, 0.29) is 0 Å². The molecule has 0 spiro atoms. The zero-order valence-electron chi connectivity index (χ0n) is 10.3. The molecule has 1 aromatic heterocycles. The van der Waals surface area contributed by atoms with Crippen LogP contribution in [0, 0.1) is 0 Å². The maximum atomic E-state index is 5.99. The monoisotopic (exact) mass is 262 g/mol. The van der Waals surface area contributed by atoms with Crippen molar-refractivity contribution < 1.29 is 4.74 Å². The highest BCUT2D eigenvalue weighted by molar-refractivity contribution is 6.17. The van der Waals surface area contributed by atoms with Gasteiger partial charge in [0, 0.05) is 17.5 Å². The number of halogens is 1. The Bertz CT molecular complexity index is 561. The van der Waals surface area contributed by atoms with Crippen LogP contribution in [0.2, 0.25) is 0 Å². The Morgan fingerprint density at radius 2 is 2.28 bits per heavy atom. The van der Waals surface area contributed by atoms with Gasteiger partial charge in [0.15, 0.2) is 0 Å². The average molecular weight is 263 g/mol. The van der Waals surface area contributed by atoms with E-state index in [0.717, 1.165) is 17.0 Å². The Morgan fingerprint density at radius 1 is 1.44 bits per heavy atom. The maximum absolute atomic E-state index is 5.99. The van der Waals surface area contributed by atoms with Crippen LogP contribution in [0.25, 0.3) is 5.69 Å². The highest BCUT2D eigenvalue weighted by Gasteiger charge is 2.30. The minimum atomic E-state index is 0.524. The number of methoxy groups -OCH3 is 1. The highest BCUT2D eigenvalue weighted by Crippen LogP contribution is 2.42. The van der Waals surface area contributed by atoms with Crippen LogP contribution in [-0.4, -0.2) is 16.9 Å². The fraction of sp³-hybridized carbons (Fsp3) is 0.357. The molecule has 3 nitrogen and oxygen atoms in total. The number of nitrogens with zero attached hydrogens (tertiary/aromatic N) is 2. The molecule has 0 atom stereocenters. The van der Waals surface area contributed by atoms with E-state index >= 15 is 0 Å². The van der Waals surface area contributed by atoms with Gasteiger partial charge in [-0.1, -0.05) is 6.07 Å². The van der Waals surface area contributed by atoms with E-state index in [1.807, 2.05) is 35.1 Å². The first-order chi connectivity index (χ1) is 8.83. The predicted molar refractivity (Wildman–Crippen MR) is 71.6 cm³/mol. The number of ether oxygens (including phenoxy) is 1. The van der Waals surface area contributed by atoms with Crippen LogP contribution in [0.3, 0.4) is 0 Å². The van der Waals surface area contributed by atoms with Crippen molar-refractivity contribution in [3.63, 3.8) is 0 Å². The van der Waals surface area contributed by atoms with Crippen LogP contribution in [0.4, 0.5) is 0 Å². The number of hydrogen-bond donors (Lipinski definition) is 0. The van der Waals surface area contributed by atoms with E-state index in [4.69, 9.17) is 16.3 Å². The number of hydrogen-bond acceptors (Lipinski definition) is 2. The number of rotatable bonds is 4. The molecule has 0 radical (unpaired) electrons. The van der Waals surface area contributed by atoms with Gasteiger partial charge in [-0.15, -0.1) is 11.6 Å². The van der Waals surface area contributed by atoms with Gasteiger partial charge in [-0.25, -0.2) is 4.68 Å². The minimum absolute atomic E-state index is 0.524. The molecule has 0 bridgehead atoms. The molecule has 0 amide bonds. The third-order valence-corrected chi connectivity index (χ3v) is 3.58. The number of benzene rings is 1. The second-order valence-corrected chi connectivity index (χ2v) is 4.84. The molecule has 4 heteroatoms. The summed E-state index contributed by atoms with van der Waals surface area (Å²) in [6, 6.07) is 7.95. The molecule has 2 aromatic rings. The predicted octanol–water partition coefficient (Wildman–Crippen LogP) is 3.50. The first kappa shape index (κ1) is 11.6. The summed E-state index contributed by atoms with van der Waals surface area (Å²) in [5, 5.41) is 4.47. The van der Waals surface area contributed by atoms with Gasteiger partial charge in [0.2, 0.25) is 0 Å². The molecule has 1 aliphatic rings. The van der Waals surface area contributed by atoms with Crippen molar-refractivity contribution in [1.82, 2.24) is 9.78 Å². The third-order valence-electron chi connectivity index (χ3n) is 3.29. The molecule has 0 aliphatic heterocycles. The van der Waals surface area contributed by atoms with Crippen molar-refractivity contribution >= 4 is 11.6 Å². The van der Waals surface area contributed by atoms with Gasteiger partial charge >= 0.3 is 0 Å². The molecule has 0 N–H and O–H groups in total. The van der Waals surface area contributed by atoms with Gasteiger partial charge in [0.1, 0.15) is 5.75 Å². The van der Waals surface area contributed by atoms with Crippen molar-refractivity contribution in [3.05, 3.63) is 41.7 Å². The van der Waals surface area contributed by atoms with Crippen molar-refractivity contribution in [3.8, 4) is 11.4 Å². The van der Waals surface area contributed by atoms with E-state index in [9.17, 15) is 0 Å². The van der Waals surface area contributed by atoms with E-state index < -0.39 is 0 Å². The largest absolute Gasteiger partial charge is 0.497 e. The Labute approximate surface area is 111 Å². The molecule has 94 valence electrons. The van der Waals surface area contributed by atoms with Crippen molar-refractivity contribution in [1.29, 1.82) is 0 Å². The van der Waals surface area contributed by atoms with E-state index in [1.165, 1.54) is 18.5 Å². The normalized spacial score (nSPS) is 14.8. The summed E-state index contributed by atoms with van der Waals surface area (Å²) in [4.78, 5) is 0. The molecule has 0 saturated heterocycles. The summed E-state index contributed by atoms with van der Waals surface area (Å²) >= 11 is 5.99. The molecule has 18 heavy (non-hydrogen) atoms. The van der Waals surface area contributed by atoms with Gasteiger partial charge in [-0.3, -0.25) is 0 Å². The molecule has 1 fully saturated rings. The number of alkyl halides is 1. The molecule has 1 aliphatic carbocycles. The Hall–Kier alpha value is -1.48. The van der Waals surface area contributed by atoms with Crippen molar-refractivity contribution in [2.75, 3.05) is 7.11 Å². The lowest BCUT2D eigenvalue weighted by Crippen LogP contribution is -2.02. The fourth-order valence-electron chi connectivity index (χ4n) is 2.23. The molecule has 3 rings (SSSR count). The Kier molecular flexibility index (Phi) is 3.00. The quantitative estimate of drug-likeness (QED) is 0.789.